The lowest BCUT2D eigenvalue weighted by Gasteiger charge is -2.26. The average Bonchev–Trinajstić information content (AvgIpc) is 3.95. The van der Waals surface area contributed by atoms with Crippen LogP contribution in [0.4, 0.5) is 0 Å². The van der Waals surface area contributed by atoms with Crippen molar-refractivity contribution in [3.63, 3.8) is 0 Å². The molecule has 6 aromatic rings. The largest absolute Gasteiger partial charge is 0.340 e. The molecule has 2 amide bonds. The van der Waals surface area contributed by atoms with Crippen LogP contribution in [0.25, 0.3) is 33.2 Å². The second kappa shape index (κ2) is 12.4. The minimum Gasteiger partial charge on any atom is -0.340 e. The van der Waals surface area contributed by atoms with Crippen LogP contribution in [0.1, 0.15) is 72.6 Å². The maximum absolute atomic E-state index is 13.4. The van der Waals surface area contributed by atoms with Crippen molar-refractivity contribution in [2.45, 2.75) is 49.9 Å². The minimum absolute atomic E-state index is 0.0822. The summed E-state index contributed by atoms with van der Waals surface area (Å²) in [5.41, 5.74) is 20.0. The van der Waals surface area contributed by atoms with Crippen LogP contribution in [0.3, 0.4) is 0 Å². The van der Waals surface area contributed by atoms with Crippen LogP contribution >= 0.6 is 0 Å². The zero-order valence-corrected chi connectivity index (χ0v) is 26.5. The fourth-order valence-corrected chi connectivity index (χ4v) is 7.33. The third-order valence-electron chi connectivity index (χ3n) is 9.89. The van der Waals surface area contributed by atoms with Crippen molar-refractivity contribution in [3.8, 4) is 11.1 Å². The molecular weight excluding hydrogens is 600 g/mol. The summed E-state index contributed by atoms with van der Waals surface area (Å²) in [6.07, 6.45) is 3.47. The lowest BCUT2D eigenvalue weighted by Crippen LogP contribution is -2.38. The first-order valence-electron chi connectivity index (χ1n) is 16.7. The second-order valence-corrected chi connectivity index (χ2v) is 12.9. The monoisotopic (exact) mass is 638 g/mol. The van der Waals surface area contributed by atoms with Crippen molar-refractivity contribution in [2.24, 2.45) is 11.5 Å². The number of hydrogen-bond acceptors (Lipinski definition) is 6. The third kappa shape index (κ3) is 5.42. The molecule has 4 heterocycles. The molecule has 10 heteroatoms. The topological polar surface area (TPSA) is 150 Å². The summed E-state index contributed by atoms with van der Waals surface area (Å²) in [5.74, 6) is 1.40. The maximum Gasteiger partial charge on any atom is 0.244 e. The lowest BCUT2D eigenvalue weighted by molar-refractivity contribution is -0.134. The quantitative estimate of drug-likeness (QED) is 0.173. The Labute approximate surface area is 278 Å². The molecule has 0 unspecified atom stereocenters. The number of nitrogens with two attached hydrogens (primary N) is 2. The number of carbonyl (C=O) groups excluding carboxylic acids is 2. The number of rotatable bonds is 7. The Hall–Kier alpha value is -5.32. The summed E-state index contributed by atoms with van der Waals surface area (Å²) in [7, 11) is 0. The summed E-state index contributed by atoms with van der Waals surface area (Å²) in [6.45, 7) is 1.32. The second-order valence-electron chi connectivity index (χ2n) is 12.9. The average molecular weight is 639 g/mol. The zero-order valence-electron chi connectivity index (χ0n) is 26.5. The van der Waals surface area contributed by atoms with Gasteiger partial charge in [-0.05, 0) is 72.2 Å². The van der Waals surface area contributed by atoms with E-state index < -0.39 is 12.1 Å². The van der Waals surface area contributed by atoms with Gasteiger partial charge in [-0.25, -0.2) is 9.97 Å². The molecule has 4 atom stereocenters. The van der Waals surface area contributed by atoms with Gasteiger partial charge in [0.05, 0.1) is 34.2 Å². The molecule has 48 heavy (non-hydrogen) atoms. The molecule has 4 aromatic carbocycles. The number of fused-ring (bicyclic) bond motifs is 2. The number of H-pyrrole nitrogens is 2. The summed E-state index contributed by atoms with van der Waals surface area (Å²) in [4.78, 5) is 47.4. The van der Waals surface area contributed by atoms with Gasteiger partial charge in [0.2, 0.25) is 11.8 Å². The van der Waals surface area contributed by atoms with E-state index >= 15 is 0 Å². The fraction of sp³-hybridized carbons (Fsp3) is 0.263. The molecule has 6 N–H and O–H groups in total. The zero-order chi connectivity index (χ0) is 32.8. The number of amides is 2. The highest BCUT2D eigenvalue weighted by molar-refractivity contribution is 5.88. The molecule has 2 aromatic heterocycles. The number of hydrogen-bond donors (Lipinski definition) is 4. The molecule has 8 rings (SSSR count). The first-order valence-corrected chi connectivity index (χ1v) is 16.7. The molecule has 2 aliphatic heterocycles. The third-order valence-corrected chi connectivity index (χ3v) is 9.89. The van der Waals surface area contributed by atoms with E-state index in [1.807, 2.05) is 82.6 Å². The molecule has 0 radical (unpaired) electrons. The van der Waals surface area contributed by atoms with E-state index in [9.17, 15) is 9.59 Å². The van der Waals surface area contributed by atoms with Gasteiger partial charge in [0.15, 0.2) is 0 Å². The van der Waals surface area contributed by atoms with Crippen LogP contribution in [0.2, 0.25) is 0 Å². The van der Waals surface area contributed by atoms with Gasteiger partial charge >= 0.3 is 0 Å². The normalized spacial score (nSPS) is 19.3. The number of nitrogens with one attached hydrogen (secondary N) is 2. The predicted octanol–water partition coefficient (Wildman–Crippen LogP) is 5.83. The highest BCUT2D eigenvalue weighted by Gasteiger charge is 2.36. The predicted molar refractivity (Wildman–Crippen MR) is 185 cm³/mol. The number of benzene rings is 4. The van der Waals surface area contributed by atoms with Gasteiger partial charge in [-0.3, -0.25) is 9.59 Å². The number of aromatic amines is 2. The van der Waals surface area contributed by atoms with Crippen LogP contribution in [0.5, 0.6) is 0 Å². The van der Waals surface area contributed by atoms with Crippen LogP contribution in [-0.2, 0) is 9.59 Å². The Morgan fingerprint density at radius 2 is 1.04 bits per heavy atom. The van der Waals surface area contributed by atoms with E-state index in [1.165, 1.54) is 0 Å². The Bertz CT molecular complexity index is 1960. The molecular formula is C38H38N8O2. The number of nitrogens with zero attached hydrogens (tertiary/aromatic N) is 4. The molecule has 2 aliphatic rings. The fourth-order valence-electron chi connectivity index (χ4n) is 7.33. The Morgan fingerprint density at radius 1 is 0.625 bits per heavy atom. The van der Waals surface area contributed by atoms with Crippen molar-refractivity contribution in [1.82, 2.24) is 29.7 Å². The molecule has 0 bridgehead atoms. The first-order chi connectivity index (χ1) is 23.4. The Balaban J connectivity index is 1.02. The van der Waals surface area contributed by atoms with Crippen molar-refractivity contribution < 1.29 is 9.59 Å². The van der Waals surface area contributed by atoms with Gasteiger partial charge in [0.25, 0.3) is 0 Å². The van der Waals surface area contributed by atoms with Crippen molar-refractivity contribution in [3.05, 3.63) is 120 Å². The van der Waals surface area contributed by atoms with Crippen molar-refractivity contribution >= 4 is 33.9 Å². The lowest BCUT2D eigenvalue weighted by atomic mass is 10.0. The van der Waals surface area contributed by atoms with Gasteiger partial charge < -0.3 is 31.2 Å². The molecule has 10 nitrogen and oxygen atoms in total. The van der Waals surface area contributed by atoms with E-state index in [2.05, 4.69) is 34.2 Å². The van der Waals surface area contributed by atoms with Gasteiger partial charge in [-0.15, -0.1) is 0 Å². The molecule has 0 aliphatic carbocycles. The van der Waals surface area contributed by atoms with Crippen LogP contribution in [0, 0.1) is 0 Å². The van der Waals surface area contributed by atoms with E-state index in [4.69, 9.17) is 21.4 Å². The standard InChI is InChI=1S/C38H38N8O2/c39-33(23-9-3-1-4-10-23)37(47)45-19-7-13-31(45)35-41-27-17-15-25(21-29(27)43-35)26-16-18-28-30(22-26)44-36(42-28)32-14-8-20-46(32)38(48)34(40)24-11-5-2-6-12-24/h1-6,9-12,15-18,21-22,31-34H,7-8,13-14,19-20,39-40H2,(H,41,43)(H,42,44)/t31-,32-,33-,34+/m0/s1. The number of likely N-dealkylation sites (tertiary alicyclic amines) is 2. The van der Waals surface area contributed by atoms with E-state index in [0.717, 1.165) is 81.7 Å². The van der Waals surface area contributed by atoms with Gasteiger partial charge in [-0.1, -0.05) is 72.8 Å². The van der Waals surface area contributed by atoms with Crippen molar-refractivity contribution in [2.75, 3.05) is 13.1 Å². The molecule has 242 valence electrons. The van der Waals surface area contributed by atoms with Crippen molar-refractivity contribution in [1.29, 1.82) is 0 Å². The summed E-state index contributed by atoms with van der Waals surface area (Å²) < 4.78 is 0. The molecule has 2 saturated heterocycles. The molecule has 0 saturated carbocycles. The highest BCUT2D eigenvalue weighted by atomic mass is 16.2. The van der Waals surface area contributed by atoms with E-state index in [-0.39, 0.29) is 23.9 Å². The van der Waals surface area contributed by atoms with Crippen LogP contribution in [-0.4, -0.2) is 54.6 Å². The summed E-state index contributed by atoms with van der Waals surface area (Å²) in [5, 5.41) is 0. The number of carbonyl (C=O) groups is 2. The minimum atomic E-state index is -0.704. The van der Waals surface area contributed by atoms with Gasteiger partial charge in [0.1, 0.15) is 23.7 Å². The SMILES string of the molecule is N[C@H](C(=O)N1CCC[C@H]1c1nc2ccc(-c3ccc4nc([C@@H]5CCCN5C(=O)[C@H](N)c5ccccc5)[nH]c4c3)cc2[nH]1)c1ccccc1. The Morgan fingerprint density at radius 3 is 1.46 bits per heavy atom. The summed E-state index contributed by atoms with van der Waals surface area (Å²) in [6, 6.07) is 29.7. The summed E-state index contributed by atoms with van der Waals surface area (Å²) >= 11 is 0. The smallest absolute Gasteiger partial charge is 0.244 e. The Kier molecular flexibility index (Phi) is 7.74. The highest BCUT2D eigenvalue weighted by Crippen LogP contribution is 2.36. The first kappa shape index (κ1) is 30.0. The molecule has 0 spiro atoms. The van der Waals surface area contributed by atoms with E-state index in [0.29, 0.717) is 13.1 Å². The number of imidazole rings is 2. The van der Waals surface area contributed by atoms with Gasteiger partial charge in [-0.2, -0.15) is 0 Å². The number of aromatic nitrogens is 4. The van der Waals surface area contributed by atoms with E-state index in [1.54, 1.807) is 0 Å². The van der Waals surface area contributed by atoms with Crippen LogP contribution in [0.15, 0.2) is 97.1 Å². The van der Waals surface area contributed by atoms with Crippen LogP contribution < -0.4 is 11.5 Å². The molecule has 2 fully saturated rings. The maximum atomic E-state index is 13.4. The van der Waals surface area contributed by atoms with Gasteiger partial charge in [0, 0.05) is 13.1 Å².